The van der Waals surface area contributed by atoms with Crippen LogP contribution < -0.4 is 0 Å². The standard InChI is InChI=1S/C10H13N3O2/c1-3-13(6-4-5-11)10(14)9-7-8(2)12-15-9/h7H,3-4,6H2,1-2H3. The number of nitriles is 1. The van der Waals surface area contributed by atoms with Crippen molar-refractivity contribution in [1.82, 2.24) is 10.1 Å². The number of hydrogen-bond donors (Lipinski definition) is 0. The van der Waals surface area contributed by atoms with Crippen LogP contribution in [0.3, 0.4) is 0 Å². The van der Waals surface area contributed by atoms with Crippen molar-refractivity contribution in [2.45, 2.75) is 20.3 Å². The van der Waals surface area contributed by atoms with Gasteiger partial charge in [-0.15, -0.1) is 0 Å². The first-order chi connectivity index (χ1) is 7.19. The van der Waals surface area contributed by atoms with Gasteiger partial charge in [-0.05, 0) is 13.8 Å². The molecule has 0 spiro atoms. The molecule has 0 aliphatic heterocycles. The number of rotatable bonds is 4. The molecule has 80 valence electrons. The molecule has 15 heavy (non-hydrogen) atoms. The number of hydrogen-bond acceptors (Lipinski definition) is 4. The van der Waals surface area contributed by atoms with E-state index >= 15 is 0 Å². The van der Waals surface area contributed by atoms with Crippen molar-refractivity contribution < 1.29 is 9.32 Å². The van der Waals surface area contributed by atoms with Crippen LogP contribution in [0.15, 0.2) is 10.6 Å². The summed E-state index contributed by atoms with van der Waals surface area (Å²) in [7, 11) is 0. The molecule has 5 heteroatoms. The van der Waals surface area contributed by atoms with Crippen molar-refractivity contribution in [1.29, 1.82) is 5.26 Å². The zero-order valence-corrected chi connectivity index (χ0v) is 8.86. The lowest BCUT2D eigenvalue weighted by Gasteiger charge is -2.17. The topological polar surface area (TPSA) is 70.1 Å². The monoisotopic (exact) mass is 207 g/mol. The van der Waals surface area contributed by atoms with Gasteiger partial charge in [0, 0.05) is 19.2 Å². The highest BCUT2D eigenvalue weighted by atomic mass is 16.5. The van der Waals surface area contributed by atoms with Crippen molar-refractivity contribution in [2.75, 3.05) is 13.1 Å². The maximum absolute atomic E-state index is 11.8. The van der Waals surface area contributed by atoms with Gasteiger partial charge >= 0.3 is 0 Å². The predicted molar refractivity (Wildman–Crippen MR) is 53.0 cm³/mol. The molecule has 1 aromatic rings. The Morgan fingerprint density at radius 3 is 2.93 bits per heavy atom. The Labute approximate surface area is 88.3 Å². The Morgan fingerprint density at radius 2 is 2.47 bits per heavy atom. The minimum atomic E-state index is -0.214. The summed E-state index contributed by atoms with van der Waals surface area (Å²) in [6.45, 7) is 4.59. The molecule has 5 nitrogen and oxygen atoms in total. The van der Waals surface area contributed by atoms with Crippen molar-refractivity contribution in [3.05, 3.63) is 17.5 Å². The fourth-order valence-electron chi connectivity index (χ4n) is 1.21. The average Bonchev–Trinajstić information content (AvgIpc) is 2.65. The molecule has 0 N–H and O–H groups in total. The van der Waals surface area contributed by atoms with E-state index < -0.39 is 0 Å². The molecule has 0 unspecified atom stereocenters. The maximum atomic E-state index is 11.8. The van der Waals surface area contributed by atoms with Gasteiger partial charge in [-0.1, -0.05) is 5.16 Å². The van der Waals surface area contributed by atoms with Gasteiger partial charge in [0.2, 0.25) is 5.76 Å². The molecule has 0 aromatic carbocycles. The van der Waals surface area contributed by atoms with Crippen LogP contribution in [0.2, 0.25) is 0 Å². The lowest BCUT2D eigenvalue weighted by Crippen LogP contribution is -2.31. The third-order valence-corrected chi connectivity index (χ3v) is 2.00. The summed E-state index contributed by atoms with van der Waals surface area (Å²) in [5.74, 6) is 0.0145. The Kier molecular flexibility index (Phi) is 3.86. The van der Waals surface area contributed by atoms with Crippen LogP contribution in [0.25, 0.3) is 0 Å². The average molecular weight is 207 g/mol. The third-order valence-electron chi connectivity index (χ3n) is 2.00. The van der Waals surface area contributed by atoms with E-state index in [0.29, 0.717) is 25.2 Å². The number of carbonyl (C=O) groups is 1. The van der Waals surface area contributed by atoms with Gasteiger partial charge < -0.3 is 9.42 Å². The quantitative estimate of drug-likeness (QED) is 0.747. The van der Waals surface area contributed by atoms with Crippen molar-refractivity contribution in [3.8, 4) is 6.07 Å². The highest BCUT2D eigenvalue weighted by Gasteiger charge is 2.17. The van der Waals surface area contributed by atoms with Gasteiger partial charge in [-0.3, -0.25) is 4.79 Å². The second-order valence-electron chi connectivity index (χ2n) is 3.13. The Hall–Kier alpha value is -1.83. The zero-order valence-electron chi connectivity index (χ0n) is 8.86. The van der Waals surface area contributed by atoms with Gasteiger partial charge in [0.1, 0.15) is 0 Å². The molecule has 1 heterocycles. The van der Waals surface area contributed by atoms with E-state index in [1.807, 2.05) is 13.0 Å². The Morgan fingerprint density at radius 1 is 1.73 bits per heavy atom. The van der Waals surface area contributed by atoms with E-state index in [2.05, 4.69) is 5.16 Å². The van der Waals surface area contributed by atoms with Crippen LogP contribution in [-0.2, 0) is 0 Å². The number of nitrogens with zero attached hydrogens (tertiary/aromatic N) is 3. The first-order valence-electron chi connectivity index (χ1n) is 4.78. The van der Waals surface area contributed by atoms with E-state index in [0.717, 1.165) is 0 Å². The van der Waals surface area contributed by atoms with Gasteiger partial charge in [0.25, 0.3) is 5.91 Å². The lowest BCUT2D eigenvalue weighted by atomic mass is 10.3. The summed E-state index contributed by atoms with van der Waals surface area (Å²) in [6.07, 6.45) is 0.326. The normalized spacial score (nSPS) is 9.67. The highest BCUT2D eigenvalue weighted by Crippen LogP contribution is 2.07. The van der Waals surface area contributed by atoms with Crippen molar-refractivity contribution >= 4 is 5.91 Å². The molecule has 0 aliphatic rings. The summed E-state index contributed by atoms with van der Waals surface area (Å²) in [5, 5.41) is 12.1. The predicted octanol–water partition coefficient (Wildman–Crippen LogP) is 1.36. The zero-order chi connectivity index (χ0) is 11.3. The number of carbonyl (C=O) groups excluding carboxylic acids is 1. The lowest BCUT2D eigenvalue weighted by molar-refractivity contribution is 0.0726. The van der Waals surface area contributed by atoms with E-state index in [4.69, 9.17) is 9.78 Å². The van der Waals surface area contributed by atoms with Crippen molar-refractivity contribution in [2.24, 2.45) is 0 Å². The van der Waals surface area contributed by atoms with E-state index in [-0.39, 0.29) is 11.7 Å². The number of aryl methyl sites for hydroxylation is 1. The molecule has 0 bridgehead atoms. The molecule has 0 saturated carbocycles. The van der Waals surface area contributed by atoms with Crippen LogP contribution in [-0.4, -0.2) is 29.1 Å². The van der Waals surface area contributed by atoms with Gasteiger partial charge in [0.05, 0.1) is 18.2 Å². The molecular weight excluding hydrogens is 194 g/mol. The highest BCUT2D eigenvalue weighted by molar-refractivity contribution is 5.91. The fraction of sp³-hybridized carbons (Fsp3) is 0.500. The van der Waals surface area contributed by atoms with Gasteiger partial charge in [-0.25, -0.2) is 0 Å². The molecule has 0 radical (unpaired) electrons. The van der Waals surface area contributed by atoms with E-state index in [1.165, 1.54) is 0 Å². The minimum absolute atomic E-state index is 0.214. The first kappa shape index (κ1) is 11.2. The van der Waals surface area contributed by atoms with Crippen LogP contribution in [0.5, 0.6) is 0 Å². The second kappa shape index (κ2) is 5.15. The largest absolute Gasteiger partial charge is 0.351 e. The van der Waals surface area contributed by atoms with Crippen LogP contribution >= 0.6 is 0 Å². The van der Waals surface area contributed by atoms with Gasteiger partial charge in [0.15, 0.2) is 0 Å². The smallest absolute Gasteiger partial charge is 0.292 e. The minimum Gasteiger partial charge on any atom is -0.351 e. The summed E-state index contributed by atoms with van der Waals surface area (Å²) >= 11 is 0. The third kappa shape index (κ3) is 2.81. The molecule has 1 amide bonds. The Balaban J connectivity index is 2.69. The summed E-state index contributed by atoms with van der Waals surface area (Å²) in [4.78, 5) is 13.3. The van der Waals surface area contributed by atoms with Crippen LogP contribution in [0.1, 0.15) is 29.6 Å². The molecular formula is C10H13N3O2. The number of amides is 1. The Bertz CT molecular complexity index is 378. The maximum Gasteiger partial charge on any atom is 0.292 e. The summed E-state index contributed by atoms with van der Waals surface area (Å²) in [5.41, 5.74) is 0.676. The van der Waals surface area contributed by atoms with Crippen LogP contribution in [0, 0.1) is 18.3 Å². The van der Waals surface area contributed by atoms with Gasteiger partial charge in [-0.2, -0.15) is 5.26 Å². The summed E-state index contributed by atoms with van der Waals surface area (Å²) in [6, 6.07) is 3.60. The van der Waals surface area contributed by atoms with E-state index in [9.17, 15) is 4.79 Å². The first-order valence-corrected chi connectivity index (χ1v) is 4.78. The summed E-state index contributed by atoms with van der Waals surface area (Å²) < 4.78 is 4.86. The van der Waals surface area contributed by atoms with Crippen LogP contribution in [0.4, 0.5) is 0 Å². The van der Waals surface area contributed by atoms with Crippen molar-refractivity contribution in [3.63, 3.8) is 0 Å². The SMILES string of the molecule is CCN(CCC#N)C(=O)c1cc(C)no1. The molecule has 1 aromatic heterocycles. The molecule has 1 rings (SSSR count). The number of aromatic nitrogens is 1. The second-order valence-corrected chi connectivity index (χ2v) is 3.13. The molecule has 0 fully saturated rings. The fourth-order valence-corrected chi connectivity index (χ4v) is 1.21. The molecule has 0 atom stereocenters. The molecule has 0 aliphatic carbocycles. The molecule has 0 saturated heterocycles. The van der Waals surface area contributed by atoms with E-state index in [1.54, 1.807) is 17.9 Å².